The predicted octanol–water partition coefficient (Wildman–Crippen LogP) is 5.99. The Morgan fingerprint density at radius 2 is 1.19 bits per heavy atom. The number of hydrogen-bond donors (Lipinski definition) is 1. The Balaban J connectivity index is 0. The van der Waals surface area contributed by atoms with Crippen LogP contribution in [0.3, 0.4) is 0 Å². The summed E-state index contributed by atoms with van der Waals surface area (Å²) < 4.78 is 20.8. The normalized spacial score (nSPS) is 13.7. The van der Waals surface area contributed by atoms with Gasteiger partial charge in [-0.3, -0.25) is 9.05 Å². The first-order chi connectivity index (χ1) is 12.1. The first kappa shape index (κ1) is 28.6. The topological polar surface area (TPSA) is 55.8 Å². The molecule has 0 heterocycles. The van der Waals surface area contributed by atoms with E-state index in [0.29, 0.717) is 6.61 Å². The van der Waals surface area contributed by atoms with Crippen molar-refractivity contribution in [2.24, 2.45) is 0 Å². The van der Waals surface area contributed by atoms with E-state index in [9.17, 15) is 9.46 Å². The second-order valence-electron chi connectivity index (χ2n) is 6.66. The molecule has 26 heavy (non-hydrogen) atoms. The van der Waals surface area contributed by atoms with Crippen LogP contribution in [0.1, 0.15) is 104 Å². The molecule has 1 unspecified atom stereocenters. The van der Waals surface area contributed by atoms with Crippen LogP contribution in [0.4, 0.5) is 0 Å². The largest absolute Gasteiger partial charge is 0.472 e. The molecule has 0 saturated carbocycles. The molecule has 1 atom stereocenters. The maximum Gasteiger partial charge on any atom is 0.472 e. The van der Waals surface area contributed by atoms with Crippen molar-refractivity contribution in [3.8, 4) is 0 Å². The number of unbranched alkanes of at least 4 members (excludes halogenated alkanes) is 12. The molecule has 4 nitrogen and oxygen atoms in total. The van der Waals surface area contributed by atoms with Crippen LogP contribution in [0.2, 0.25) is 0 Å². The molecule has 0 radical (unpaired) electrons. The summed E-state index contributed by atoms with van der Waals surface area (Å²) in [6.45, 7) is 4.43. The molecule has 0 aromatic rings. The van der Waals surface area contributed by atoms with Crippen molar-refractivity contribution >= 4 is 25.2 Å². The van der Waals surface area contributed by atoms with Gasteiger partial charge in [-0.1, -0.05) is 76.9 Å². The van der Waals surface area contributed by atoms with Crippen molar-refractivity contribution in [3.05, 3.63) is 12.2 Å². The zero-order valence-electron chi connectivity index (χ0n) is 16.6. The van der Waals surface area contributed by atoms with E-state index in [1.165, 1.54) is 70.6 Å². The molecule has 0 aromatic carbocycles. The van der Waals surface area contributed by atoms with Crippen LogP contribution in [0, 0.1) is 0 Å². The minimum Gasteiger partial charge on any atom is -0.302 e. The van der Waals surface area contributed by atoms with Gasteiger partial charge in [0.05, 0.1) is 13.2 Å². The molecule has 0 aromatic heterocycles. The maximum atomic E-state index is 11.3. The van der Waals surface area contributed by atoms with Gasteiger partial charge in [0.15, 0.2) is 17.4 Å². The summed E-state index contributed by atoms with van der Waals surface area (Å²) in [6, 6.07) is 0. The van der Waals surface area contributed by atoms with Gasteiger partial charge >= 0.3 is 7.82 Å². The number of phosphoric acid groups is 1. The van der Waals surface area contributed by atoms with Crippen LogP contribution in [-0.4, -0.2) is 35.5 Å². The third-order valence-electron chi connectivity index (χ3n) is 4.20. The Morgan fingerprint density at radius 3 is 1.69 bits per heavy atom. The van der Waals surface area contributed by atoms with Crippen molar-refractivity contribution in [1.82, 2.24) is 0 Å². The van der Waals surface area contributed by atoms with Crippen molar-refractivity contribution < 1.29 is 18.5 Å². The molecule has 0 rings (SSSR count). The third-order valence-corrected chi connectivity index (χ3v) is 5.30. The fraction of sp³-hybridized carbons (Fsp3) is 0.900. The van der Waals surface area contributed by atoms with Gasteiger partial charge < -0.3 is 4.89 Å². The molecule has 0 aliphatic heterocycles. The van der Waals surface area contributed by atoms with Gasteiger partial charge in [0.25, 0.3) is 0 Å². The van der Waals surface area contributed by atoms with Gasteiger partial charge in [0.1, 0.15) is 0 Å². The van der Waals surface area contributed by atoms with Crippen molar-refractivity contribution in [1.29, 1.82) is 0 Å². The van der Waals surface area contributed by atoms with Gasteiger partial charge in [0.2, 0.25) is 0 Å². The number of hydrogen-bond acceptors (Lipinski definition) is 3. The van der Waals surface area contributed by atoms with Crippen LogP contribution in [0.15, 0.2) is 12.2 Å². The Bertz CT molecular complexity index is 351. The number of phosphoric ester groups is 1. The van der Waals surface area contributed by atoms with Gasteiger partial charge in [-0.25, -0.2) is 4.57 Å². The number of rotatable bonds is 19. The van der Waals surface area contributed by atoms with Gasteiger partial charge in [-0.15, -0.1) is 0 Å². The zero-order valence-corrected chi connectivity index (χ0v) is 17.5. The molecule has 0 aliphatic rings. The average molecular weight is 407 g/mol. The minimum atomic E-state index is -3.79. The van der Waals surface area contributed by atoms with E-state index in [-0.39, 0.29) is 24.0 Å². The smallest absolute Gasteiger partial charge is 0.302 e. The molecule has 0 saturated heterocycles. The van der Waals surface area contributed by atoms with E-state index < -0.39 is 7.82 Å². The molecule has 0 amide bonds. The molecule has 6 heteroatoms. The zero-order chi connectivity index (χ0) is 18.6. The Morgan fingerprint density at radius 1 is 0.731 bits per heavy atom. The molecular formula is C20H44AlO4P. The summed E-state index contributed by atoms with van der Waals surface area (Å²) in [6.07, 6.45) is 22.1. The predicted molar refractivity (Wildman–Crippen MR) is 117 cm³/mol. The third kappa shape index (κ3) is 22.4. The second kappa shape index (κ2) is 21.7. The summed E-state index contributed by atoms with van der Waals surface area (Å²) >= 11 is 0. The van der Waals surface area contributed by atoms with Crippen LogP contribution >= 0.6 is 7.82 Å². The standard InChI is InChI=1S/C20H41O4P.Al.3H/c1-3-5-6-7-8-9-10-11-12-13-14-15-16-17-18-19-20-24-25(21,22)23-4-2;;;;/h11-12H,3-10,13-20H2,1-2H3,(H,21,22);;;;/b12-11-;;;;. The van der Waals surface area contributed by atoms with E-state index in [1.807, 2.05) is 0 Å². The lowest BCUT2D eigenvalue weighted by molar-refractivity contribution is 0.153. The van der Waals surface area contributed by atoms with Gasteiger partial charge in [-0.2, -0.15) is 0 Å². The summed E-state index contributed by atoms with van der Waals surface area (Å²) in [7, 11) is -3.79. The highest BCUT2D eigenvalue weighted by Crippen LogP contribution is 2.42. The lowest BCUT2D eigenvalue weighted by atomic mass is 10.1. The first-order valence-electron chi connectivity index (χ1n) is 10.4. The highest BCUT2D eigenvalue weighted by molar-refractivity contribution is 7.47. The summed E-state index contributed by atoms with van der Waals surface area (Å²) in [5.41, 5.74) is 0. The van der Waals surface area contributed by atoms with E-state index in [4.69, 9.17) is 4.52 Å². The highest BCUT2D eigenvalue weighted by Gasteiger charge is 2.18. The average Bonchev–Trinajstić information content (AvgIpc) is 2.57. The lowest BCUT2D eigenvalue weighted by Crippen LogP contribution is -1.96. The first-order valence-corrected chi connectivity index (χ1v) is 11.9. The number of allylic oxidation sites excluding steroid dienone is 2. The molecule has 156 valence electrons. The summed E-state index contributed by atoms with van der Waals surface area (Å²) in [4.78, 5) is 9.24. The Labute approximate surface area is 172 Å². The minimum absolute atomic E-state index is 0. The van der Waals surface area contributed by atoms with Crippen LogP contribution < -0.4 is 0 Å². The fourth-order valence-corrected chi connectivity index (χ4v) is 3.49. The van der Waals surface area contributed by atoms with Gasteiger partial charge in [-0.05, 0) is 39.0 Å². The van der Waals surface area contributed by atoms with E-state index >= 15 is 0 Å². The van der Waals surface area contributed by atoms with E-state index in [2.05, 4.69) is 23.6 Å². The lowest BCUT2D eigenvalue weighted by Gasteiger charge is -2.10. The molecule has 0 spiro atoms. The Kier molecular flexibility index (Phi) is 23.8. The van der Waals surface area contributed by atoms with Crippen LogP contribution in [-0.2, 0) is 13.6 Å². The van der Waals surface area contributed by atoms with Crippen LogP contribution in [0.5, 0.6) is 0 Å². The van der Waals surface area contributed by atoms with Gasteiger partial charge in [0, 0.05) is 0 Å². The van der Waals surface area contributed by atoms with Crippen molar-refractivity contribution in [2.75, 3.05) is 13.2 Å². The fourth-order valence-electron chi connectivity index (χ4n) is 2.73. The maximum absolute atomic E-state index is 11.3. The molecule has 0 aliphatic carbocycles. The molecular weight excluding hydrogens is 362 g/mol. The van der Waals surface area contributed by atoms with Crippen LogP contribution in [0.25, 0.3) is 0 Å². The molecule has 0 fully saturated rings. The highest BCUT2D eigenvalue weighted by atomic mass is 31.2. The summed E-state index contributed by atoms with van der Waals surface area (Å²) in [5, 5.41) is 0. The van der Waals surface area contributed by atoms with E-state index in [0.717, 1.165) is 19.3 Å². The Hall–Kier alpha value is 0.382. The molecule has 1 N–H and O–H groups in total. The second-order valence-corrected chi connectivity index (χ2v) is 8.11. The summed E-state index contributed by atoms with van der Waals surface area (Å²) in [5.74, 6) is 0. The quantitative estimate of drug-likeness (QED) is 0.124. The van der Waals surface area contributed by atoms with Crippen molar-refractivity contribution in [3.63, 3.8) is 0 Å². The van der Waals surface area contributed by atoms with Crippen molar-refractivity contribution in [2.45, 2.75) is 104 Å². The monoisotopic (exact) mass is 406 g/mol. The SMILES string of the molecule is CCCCCCCC/C=C\CCCCCCCCOP(=O)(O)OCC.[AlH3]. The molecule has 0 bridgehead atoms. The van der Waals surface area contributed by atoms with E-state index in [1.54, 1.807) is 6.92 Å².